The van der Waals surface area contributed by atoms with Crippen LogP contribution in [-0.2, 0) is 6.42 Å². The van der Waals surface area contributed by atoms with E-state index < -0.39 is 0 Å². The van der Waals surface area contributed by atoms with Crippen LogP contribution in [-0.4, -0.2) is 4.98 Å². The molecule has 2 aromatic carbocycles. The molecule has 0 aliphatic carbocycles. The summed E-state index contributed by atoms with van der Waals surface area (Å²) in [5.74, 6) is 0. The molecule has 1 heterocycles. The Hall–Kier alpha value is -1.28. The van der Waals surface area contributed by atoms with E-state index >= 15 is 0 Å². The molecular formula is C16H16BrN. The van der Waals surface area contributed by atoms with E-state index in [2.05, 4.69) is 64.2 Å². The average Bonchev–Trinajstić information content (AvgIpc) is 2.73. The maximum absolute atomic E-state index is 3.54. The Kier molecular flexibility index (Phi) is 3.13. The summed E-state index contributed by atoms with van der Waals surface area (Å²) in [6.07, 6.45) is 3.68. The Labute approximate surface area is 115 Å². The van der Waals surface area contributed by atoms with E-state index in [0.717, 1.165) is 4.47 Å². The molecule has 1 nitrogen and oxygen atoms in total. The molecule has 1 aromatic heterocycles. The maximum atomic E-state index is 3.54. The van der Waals surface area contributed by atoms with Gasteiger partial charge in [0.25, 0.3) is 0 Å². The number of H-pyrrole nitrogens is 1. The molecule has 0 bridgehead atoms. The predicted octanol–water partition coefficient (Wildman–Crippen LogP) is 5.43. The summed E-state index contributed by atoms with van der Waals surface area (Å²) < 4.78 is 1.13. The molecule has 0 saturated heterocycles. The van der Waals surface area contributed by atoms with E-state index in [4.69, 9.17) is 0 Å². The lowest BCUT2D eigenvalue weighted by atomic mass is 10.1. The molecule has 0 aliphatic rings. The highest BCUT2D eigenvalue weighted by Gasteiger charge is 2.05. The molecule has 0 unspecified atom stereocenters. The lowest BCUT2D eigenvalue weighted by Gasteiger charge is -1.99. The Morgan fingerprint density at radius 1 is 1.00 bits per heavy atom. The monoisotopic (exact) mass is 301 g/mol. The van der Waals surface area contributed by atoms with Gasteiger partial charge in [0.05, 0.1) is 0 Å². The third-order valence-electron chi connectivity index (χ3n) is 3.44. The number of aromatic nitrogens is 1. The molecule has 0 fully saturated rings. The van der Waals surface area contributed by atoms with Gasteiger partial charge in [-0.25, -0.2) is 0 Å². The molecule has 0 saturated carbocycles. The van der Waals surface area contributed by atoms with Crippen LogP contribution in [0.15, 0.2) is 40.9 Å². The van der Waals surface area contributed by atoms with Crippen molar-refractivity contribution in [3.05, 3.63) is 46.4 Å². The van der Waals surface area contributed by atoms with Crippen LogP contribution < -0.4 is 0 Å². The summed E-state index contributed by atoms with van der Waals surface area (Å²) in [6, 6.07) is 13.2. The average molecular weight is 302 g/mol. The fraction of sp³-hybridized carbons (Fsp3) is 0.250. The second-order valence-corrected chi connectivity index (χ2v) is 5.71. The first-order chi connectivity index (χ1) is 8.78. The number of benzene rings is 2. The number of hydrogen-bond donors (Lipinski definition) is 1. The van der Waals surface area contributed by atoms with E-state index in [-0.39, 0.29) is 0 Å². The van der Waals surface area contributed by atoms with Gasteiger partial charge in [0.2, 0.25) is 0 Å². The van der Waals surface area contributed by atoms with Gasteiger partial charge < -0.3 is 4.98 Å². The first-order valence-electron chi connectivity index (χ1n) is 6.48. The van der Waals surface area contributed by atoms with Gasteiger partial charge in [0, 0.05) is 26.3 Å². The first-order valence-corrected chi connectivity index (χ1v) is 7.27. The minimum atomic E-state index is 1.13. The van der Waals surface area contributed by atoms with E-state index in [1.54, 1.807) is 0 Å². The zero-order valence-corrected chi connectivity index (χ0v) is 12.0. The van der Waals surface area contributed by atoms with Crippen LogP contribution in [0.4, 0.5) is 0 Å². The standard InChI is InChI=1S/C16H16BrN/c1-2-3-4-11-5-7-13-14-10-12(17)6-8-15(14)18-16(13)9-11/h5-10,18H,2-4H2,1H3. The second kappa shape index (κ2) is 4.77. The Morgan fingerprint density at radius 2 is 1.89 bits per heavy atom. The third kappa shape index (κ3) is 2.05. The van der Waals surface area contributed by atoms with Crippen LogP contribution in [0.1, 0.15) is 25.3 Å². The molecule has 0 aliphatic heterocycles. The van der Waals surface area contributed by atoms with Crippen molar-refractivity contribution in [2.24, 2.45) is 0 Å². The number of unbranched alkanes of at least 4 members (excludes halogenated alkanes) is 1. The highest BCUT2D eigenvalue weighted by atomic mass is 79.9. The molecule has 3 aromatic rings. The van der Waals surface area contributed by atoms with Crippen LogP contribution in [0.5, 0.6) is 0 Å². The van der Waals surface area contributed by atoms with Gasteiger partial charge in [0.15, 0.2) is 0 Å². The summed E-state index contributed by atoms with van der Waals surface area (Å²) in [5.41, 5.74) is 3.88. The summed E-state index contributed by atoms with van der Waals surface area (Å²) in [6.45, 7) is 2.24. The molecule has 0 radical (unpaired) electrons. The van der Waals surface area contributed by atoms with Crippen LogP contribution >= 0.6 is 15.9 Å². The third-order valence-corrected chi connectivity index (χ3v) is 3.94. The summed E-state index contributed by atoms with van der Waals surface area (Å²) in [7, 11) is 0. The first kappa shape index (κ1) is 11.8. The fourth-order valence-corrected chi connectivity index (χ4v) is 2.82. The number of nitrogens with one attached hydrogen (secondary N) is 1. The number of rotatable bonds is 3. The lowest BCUT2D eigenvalue weighted by molar-refractivity contribution is 0.796. The molecule has 0 spiro atoms. The number of aryl methyl sites for hydroxylation is 1. The van der Waals surface area contributed by atoms with Crippen LogP contribution in [0.25, 0.3) is 21.8 Å². The fourth-order valence-electron chi connectivity index (χ4n) is 2.46. The Morgan fingerprint density at radius 3 is 2.72 bits per heavy atom. The van der Waals surface area contributed by atoms with Gasteiger partial charge in [-0.2, -0.15) is 0 Å². The van der Waals surface area contributed by atoms with E-state index in [1.807, 2.05) is 0 Å². The van der Waals surface area contributed by atoms with Crippen LogP contribution in [0.3, 0.4) is 0 Å². The van der Waals surface area contributed by atoms with Gasteiger partial charge in [0.1, 0.15) is 0 Å². The van der Waals surface area contributed by atoms with Crippen molar-refractivity contribution in [3.63, 3.8) is 0 Å². The van der Waals surface area contributed by atoms with E-state index in [9.17, 15) is 0 Å². The highest BCUT2D eigenvalue weighted by Crippen LogP contribution is 2.28. The zero-order valence-electron chi connectivity index (χ0n) is 10.5. The molecule has 0 amide bonds. The SMILES string of the molecule is CCCCc1ccc2c(c1)[nH]c1ccc(Br)cc12. The lowest BCUT2D eigenvalue weighted by Crippen LogP contribution is -1.83. The van der Waals surface area contributed by atoms with Crippen molar-refractivity contribution >= 4 is 37.7 Å². The molecule has 92 valence electrons. The number of aromatic amines is 1. The molecule has 0 atom stereocenters. The Balaban J connectivity index is 2.14. The smallest absolute Gasteiger partial charge is 0.0467 e. The largest absolute Gasteiger partial charge is 0.355 e. The molecular weight excluding hydrogens is 286 g/mol. The van der Waals surface area contributed by atoms with Gasteiger partial charge in [-0.05, 0) is 42.7 Å². The maximum Gasteiger partial charge on any atom is 0.0467 e. The summed E-state index contributed by atoms with van der Waals surface area (Å²) in [4.78, 5) is 3.50. The summed E-state index contributed by atoms with van der Waals surface area (Å²) >= 11 is 3.54. The van der Waals surface area contributed by atoms with Crippen molar-refractivity contribution in [3.8, 4) is 0 Å². The van der Waals surface area contributed by atoms with Gasteiger partial charge in [-0.1, -0.05) is 41.4 Å². The van der Waals surface area contributed by atoms with Crippen molar-refractivity contribution < 1.29 is 0 Å². The van der Waals surface area contributed by atoms with Gasteiger partial charge in [-0.15, -0.1) is 0 Å². The molecule has 1 N–H and O–H groups in total. The van der Waals surface area contributed by atoms with E-state index in [0.29, 0.717) is 0 Å². The van der Waals surface area contributed by atoms with Crippen LogP contribution in [0, 0.1) is 0 Å². The number of fused-ring (bicyclic) bond motifs is 3. The number of hydrogen-bond acceptors (Lipinski definition) is 0. The van der Waals surface area contributed by atoms with Crippen molar-refractivity contribution in [1.29, 1.82) is 0 Å². The normalized spacial score (nSPS) is 11.4. The topological polar surface area (TPSA) is 15.8 Å². The molecule has 3 rings (SSSR count). The minimum absolute atomic E-state index is 1.13. The number of halogens is 1. The predicted molar refractivity (Wildman–Crippen MR) is 82.1 cm³/mol. The zero-order chi connectivity index (χ0) is 12.5. The molecule has 18 heavy (non-hydrogen) atoms. The van der Waals surface area contributed by atoms with Gasteiger partial charge in [-0.3, -0.25) is 0 Å². The minimum Gasteiger partial charge on any atom is -0.355 e. The van der Waals surface area contributed by atoms with Crippen molar-refractivity contribution in [2.45, 2.75) is 26.2 Å². The van der Waals surface area contributed by atoms with Gasteiger partial charge >= 0.3 is 0 Å². The van der Waals surface area contributed by atoms with Crippen molar-refractivity contribution in [1.82, 2.24) is 4.98 Å². The molecule has 2 heteroatoms. The van der Waals surface area contributed by atoms with Crippen molar-refractivity contribution in [2.75, 3.05) is 0 Å². The second-order valence-electron chi connectivity index (χ2n) is 4.80. The quantitative estimate of drug-likeness (QED) is 0.664. The highest BCUT2D eigenvalue weighted by molar-refractivity contribution is 9.10. The Bertz CT molecular complexity index is 697. The summed E-state index contributed by atoms with van der Waals surface area (Å²) in [5, 5.41) is 2.60. The van der Waals surface area contributed by atoms with Crippen LogP contribution in [0.2, 0.25) is 0 Å². The van der Waals surface area contributed by atoms with E-state index in [1.165, 1.54) is 46.6 Å².